The quantitative estimate of drug-likeness (QED) is 0.212. The molecule has 0 atom stereocenters. The number of hydrogen-bond donors (Lipinski definition) is 1. The Morgan fingerprint density at radius 2 is 1.81 bits per heavy atom. The molecule has 1 amide bonds. The third kappa shape index (κ3) is 7.46. The Hall–Kier alpha value is -2.20. The molecule has 0 aliphatic heterocycles. The molecule has 1 aromatic heterocycles. The van der Waals surface area contributed by atoms with Crippen LogP contribution >= 0.6 is 34.4 Å². The van der Waals surface area contributed by atoms with Crippen LogP contribution in [0.25, 0.3) is 0 Å². The van der Waals surface area contributed by atoms with E-state index >= 15 is 0 Å². The van der Waals surface area contributed by atoms with Crippen LogP contribution in [0.2, 0.25) is 0 Å². The molecule has 0 fully saturated rings. The molecule has 0 saturated heterocycles. The van der Waals surface area contributed by atoms with Crippen molar-refractivity contribution in [2.45, 2.75) is 37.5 Å². The van der Waals surface area contributed by atoms with E-state index in [-0.39, 0.29) is 11.7 Å². The number of carbonyl (C=O) groups is 1. The van der Waals surface area contributed by atoms with Gasteiger partial charge in [0.25, 0.3) is 0 Å². The Morgan fingerprint density at radius 1 is 1.10 bits per heavy atom. The predicted molar refractivity (Wildman–Crippen MR) is 130 cm³/mol. The van der Waals surface area contributed by atoms with Crippen LogP contribution < -0.4 is 5.32 Å². The third-order valence-corrected chi connectivity index (χ3v) is 6.31. The van der Waals surface area contributed by atoms with E-state index in [1.165, 1.54) is 33.0 Å². The van der Waals surface area contributed by atoms with Gasteiger partial charge in [0.05, 0.1) is 0 Å². The number of carbonyl (C=O) groups excluding carboxylic acids is 1. The first-order valence-corrected chi connectivity index (χ1v) is 12.0. The van der Waals surface area contributed by atoms with Gasteiger partial charge in [0.2, 0.25) is 5.91 Å². The lowest BCUT2D eigenvalue weighted by Gasteiger charge is -2.08. The van der Waals surface area contributed by atoms with Gasteiger partial charge in [0.15, 0.2) is 5.16 Å². The van der Waals surface area contributed by atoms with Crippen LogP contribution in [-0.4, -0.2) is 26.4 Å². The molecule has 8 heteroatoms. The number of aromatic nitrogens is 3. The van der Waals surface area contributed by atoms with Crippen LogP contribution in [0.1, 0.15) is 23.4 Å². The number of nitrogens with one attached hydrogen (secondary N) is 1. The molecule has 0 unspecified atom stereocenters. The molecule has 0 radical (unpaired) electrons. The molecular formula is C23H24FIN4OS. The Labute approximate surface area is 199 Å². The first kappa shape index (κ1) is 23.5. The molecule has 0 aliphatic rings. The monoisotopic (exact) mass is 550 g/mol. The molecule has 31 heavy (non-hydrogen) atoms. The highest BCUT2D eigenvalue weighted by molar-refractivity contribution is 14.1. The minimum atomic E-state index is -0.284. The Balaban J connectivity index is 1.48. The second-order valence-corrected chi connectivity index (χ2v) is 9.23. The minimum Gasteiger partial charge on any atom is -0.352 e. The number of benzene rings is 2. The number of allylic oxidation sites excluding steroid dienone is 1. The average molecular weight is 550 g/mol. The van der Waals surface area contributed by atoms with Crippen LogP contribution in [0.4, 0.5) is 4.39 Å². The fourth-order valence-corrected chi connectivity index (χ4v) is 4.22. The highest BCUT2D eigenvalue weighted by Crippen LogP contribution is 2.19. The first-order chi connectivity index (χ1) is 15.0. The van der Waals surface area contributed by atoms with Crippen molar-refractivity contribution in [3.8, 4) is 0 Å². The standard InChI is InChI=1S/C23H24FIN4OS/c1-2-14-29-21(12-7-17-5-10-20(25)11-6-17)27-28-23(29)31-15-13-22(30)26-16-18-3-8-19(24)9-4-18/h2-6,8-11H,1,7,12-16H2,(H,26,30). The second kappa shape index (κ2) is 12.0. The number of aryl methyl sites for hydroxylation is 2. The van der Waals surface area contributed by atoms with Gasteiger partial charge >= 0.3 is 0 Å². The topological polar surface area (TPSA) is 59.8 Å². The minimum absolute atomic E-state index is 0.0504. The lowest BCUT2D eigenvalue weighted by Crippen LogP contribution is -2.23. The molecule has 0 bridgehead atoms. The average Bonchev–Trinajstić information content (AvgIpc) is 3.15. The van der Waals surface area contributed by atoms with Crippen molar-refractivity contribution in [2.24, 2.45) is 0 Å². The predicted octanol–water partition coefficient (Wildman–Crippen LogP) is 4.79. The SMILES string of the molecule is C=CCn1c(CCc2ccc(I)cc2)nnc1SCCC(=O)NCc1ccc(F)cc1. The van der Waals surface area contributed by atoms with Gasteiger partial charge in [-0.2, -0.15) is 0 Å². The first-order valence-electron chi connectivity index (χ1n) is 9.96. The summed E-state index contributed by atoms with van der Waals surface area (Å²) in [6.07, 6.45) is 3.88. The molecule has 0 saturated carbocycles. The molecule has 3 rings (SSSR count). The zero-order valence-electron chi connectivity index (χ0n) is 17.1. The van der Waals surface area contributed by atoms with Crippen molar-refractivity contribution in [3.63, 3.8) is 0 Å². The number of amides is 1. The molecule has 162 valence electrons. The smallest absolute Gasteiger partial charge is 0.221 e. The van der Waals surface area contributed by atoms with E-state index in [1.54, 1.807) is 12.1 Å². The van der Waals surface area contributed by atoms with Gasteiger partial charge in [-0.3, -0.25) is 4.79 Å². The maximum atomic E-state index is 12.9. The van der Waals surface area contributed by atoms with E-state index in [0.29, 0.717) is 25.3 Å². The number of rotatable bonds is 11. The van der Waals surface area contributed by atoms with Crippen molar-refractivity contribution in [3.05, 3.63) is 87.5 Å². The number of nitrogens with zero attached hydrogens (tertiary/aromatic N) is 3. The summed E-state index contributed by atoms with van der Waals surface area (Å²) in [5, 5.41) is 12.3. The highest BCUT2D eigenvalue weighted by Gasteiger charge is 2.12. The summed E-state index contributed by atoms with van der Waals surface area (Å²) < 4.78 is 16.2. The summed E-state index contributed by atoms with van der Waals surface area (Å²) in [6.45, 7) is 4.86. The normalized spacial score (nSPS) is 10.8. The van der Waals surface area contributed by atoms with Gasteiger partial charge in [-0.05, 0) is 64.4 Å². The molecule has 1 heterocycles. The van der Waals surface area contributed by atoms with Gasteiger partial charge in [0.1, 0.15) is 11.6 Å². The maximum absolute atomic E-state index is 12.9. The van der Waals surface area contributed by atoms with Gasteiger partial charge in [0, 0.05) is 35.3 Å². The van der Waals surface area contributed by atoms with E-state index in [9.17, 15) is 9.18 Å². The lowest BCUT2D eigenvalue weighted by atomic mass is 10.1. The fourth-order valence-electron chi connectivity index (χ4n) is 2.96. The molecule has 3 aromatic rings. The highest BCUT2D eigenvalue weighted by atomic mass is 127. The van der Waals surface area contributed by atoms with E-state index < -0.39 is 0 Å². The fraction of sp³-hybridized carbons (Fsp3) is 0.261. The number of thioether (sulfide) groups is 1. The summed E-state index contributed by atoms with van der Waals surface area (Å²) in [5.41, 5.74) is 2.13. The van der Waals surface area contributed by atoms with Gasteiger partial charge in [-0.15, -0.1) is 16.8 Å². The van der Waals surface area contributed by atoms with Crippen molar-refractivity contribution >= 4 is 40.3 Å². The summed E-state index contributed by atoms with van der Waals surface area (Å²) in [4.78, 5) is 12.1. The molecule has 5 nitrogen and oxygen atoms in total. The van der Waals surface area contributed by atoms with E-state index in [2.05, 4.69) is 73.5 Å². The van der Waals surface area contributed by atoms with Crippen LogP contribution in [0.5, 0.6) is 0 Å². The van der Waals surface area contributed by atoms with Gasteiger partial charge < -0.3 is 9.88 Å². The van der Waals surface area contributed by atoms with E-state index in [4.69, 9.17) is 0 Å². The molecule has 0 spiro atoms. The zero-order chi connectivity index (χ0) is 22.1. The van der Waals surface area contributed by atoms with Crippen LogP contribution in [0, 0.1) is 9.39 Å². The third-order valence-electron chi connectivity index (χ3n) is 4.62. The van der Waals surface area contributed by atoms with Crippen molar-refractivity contribution in [1.82, 2.24) is 20.1 Å². The Bertz CT molecular complexity index is 1010. The second-order valence-electron chi connectivity index (χ2n) is 6.93. The van der Waals surface area contributed by atoms with Gasteiger partial charge in [-0.25, -0.2) is 4.39 Å². The van der Waals surface area contributed by atoms with Crippen LogP contribution in [-0.2, 0) is 30.7 Å². The van der Waals surface area contributed by atoms with Crippen molar-refractivity contribution in [2.75, 3.05) is 5.75 Å². The van der Waals surface area contributed by atoms with Crippen LogP contribution in [0.3, 0.4) is 0 Å². The summed E-state index contributed by atoms with van der Waals surface area (Å²) in [5.74, 6) is 1.18. The number of hydrogen-bond acceptors (Lipinski definition) is 4. The van der Waals surface area contributed by atoms with Crippen molar-refractivity contribution < 1.29 is 9.18 Å². The van der Waals surface area contributed by atoms with Crippen molar-refractivity contribution in [1.29, 1.82) is 0 Å². The maximum Gasteiger partial charge on any atom is 0.221 e. The van der Waals surface area contributed by atoms with E-state index in [0.717, 1.165) is 29.4 Å². The molecular weight excluding hydrogens is 526 g/mol. The van der Waals surface area contributed by atoms with E-state index in [1.807, 2.05) is 6.08 Å². The summed E-state index contributed by atoms with van der Waals surface area (Å²) in [7, 11) is 0. The summed E-state index contributed by atoms with van der Waals surface area (Å²) in [6, 6.07) is 14.6. The summed E-state index contributed by atoms with van der Waals surface area (Å²) >= 11 is 3.81. The Morgan fingerprint density at radius 3 is 2.52 bits per heavy atom. The lowest BCUT2D eigenvalue weighted by molar-refractivity contribution is -0.120. The molecule has 2 aromatic carbocycles. The van der Waals surface area contributed by atoms with Crippen LogP contribution in [0.15, 0.2) is 66.3 Å². The Kier molecular flexibility index (Phi) is 9.08. The molecule has 1 N–H and O–H groups in total. The van der Waals surface area contributed by atoms with Gasteiger partial charge in [-0.1, -0.05) is 42.1 Å². The number of halogens is 2. The molecule has 0 aliphatic carbocycles. The largest absolute Gasteiger partial charge is 0.352 e. The zero-order valence-corrected chi connectivity index (χ0v) is 20.0.